The molecule has 9 heteroatoms. The van der Waals surface area contributed by atoms with Crippen molar-refractivity contribution in [1.29, 1.82) is 0 Å². The third-order valence-corrected chi connectivity index (χ3v) is 4.93. The SMILES string of the molecule is CCOc1cccc(Oc2cnc(Cl)cc2C(=O)NCC(F)c2ccc(Cl)cc2Cl)c1. The van der Waals surface area contributed by atoms with Crippen LogP contribution < -0.4 is 14.8 Å². The fourth-order valence-electron chi connectivity index (χ4n) is 2.74. The maximum Gasteiger partial charge on any atom is 0.255 e. The zero-order valence-corrected chi connectivity index (χ0v) is 18.6. The van der Waals surface area contributed by atoms with Crippen molar-refractivity contribution < 1.29 is 18.7 Å². The van der Waals surface area contributed by atoms with Gasteiger partial charge >= 0.3 is 0 Å². The Balaban J connectivity index is 1.75. The van der Waals surface area contributed by atoms with E-state index in [1.165, 1.54) is 30.5 Å². The number of nitrogens with one attached hydrogen (secondary N) is 1. The monoisotopic (exact) mass is 482 g/mol. The van der Waals surface area contributed by atoms with Crippen LogP contribution in [0.25, 0.3) is 0 Å². The van der Waals surface area contributed by atoms with Crippen LogP contribution in [0, 0.1) is 0 Å². The number of nitrogens with zero attached hydrogens (tertiary/aromatic N) is 1. The molecular weight excluding hydrogens is 466 g/mol. The van der Waals surface area contributed by atoms with E-state index < -0.39 is 12.1 Å². The number of carbonyl (C=O) groups is 1. The third-order valence-electron chi connectivity index (χ3n) is 4.16. The molecule has 0 saturated carbocycles. The van der Waals surface area contributed by atoms with Gasteiger partial charge in [-0.1, -0.05) is 46.9 Å². The summed E-state index contributed by atoms with van der Waals surface area (Å²) in [6.07, 6.45) is -0.202. The number of halogens is 4. The summed E-state index contributed by atoms with van der Waals surface area (Å²) in [5, 5.41) is 3.20. The lowest BCUT2D eigenvalue weighted by atomic mass is 10.1. The molecule has 0 fully saturated rings. The second-order valence-electron chi connectivity index (χ2n) is 6.36. The van der Waals surface area contributed by atoms with Gasteiger partial charge in [0.05, 0.1) is 24.9 Å². The van der Waals surface area contributed by atoms with Crippen molar-refractivity contribution in [3.05, 3.63) is 81.1 Å². The molecule has 0 aliphatic rings. The summed E-state index contributed by atoms with van der Waals surface area (Å²) in [4.78, 5) is 16.7. The van der Waals surface area contributed by atoms with E-state index in [4.69, 9.17) is 44.3 Å². The summed E-state index contributed by atoms with van der Waals surface area (Å²) < 4.78 is 25.9. The standard InChI is InChI=1S/C22H18Cl3FN2O3/c1-2-30-14-4-3-5-15(9-14)31-20-12-27-21(25)10-17(20)22(29)28-11-19(26)16-7-6-13(23)8-18(16)24/h3-10,12,19H,2,11H2,1H3,(H,28,29). The fraction of sp³-hybridized carbons (Fsp3) is 0.182. The summed E-state index contributed by atoms with van der Waals surface area (Å²) in [7, 11) is 0. The summed E-state index contributed by atoms with van der Waals surface area (Å²) in [5.74, 6) is 0.650. The molecule has 3 aromatic rings. The van der Waals surface area contributed by atoms with Crippen LogP contribution in [0.3, 0.4) is 0 Å². The number of carbonyl (C=O) groups excluding carboxylic acids is 1. The van der Waals surface area contributed by atoms with Gasteiger partial charge in [-0.15, -0.1) is 0 Å². The lowest BCUT2D eigenvalue weighted by molar-refractivity contribution is 0.0939. The Bertz CT molecular complexity index is 1080. The molecule has 162 valence electrons. The highest BCUT2D eigenvalue weighted by molar-refractivity contribution is 6.35. The van der Waals surface area contributed by atoms with Crippen molar-refractivity contribution in [2.24, 2.45) is 0 Å². The quantitative estimate of drug-likeness (QED) is 0.363. The average molecular weight is 484 g/mol. The number of amides is 1. The zero-order valence-electron chi connectivity index (χ0n) is 16.4. The van der Waals surface area contributed by atoms with Gasteiger partial charge in [0, 0.05) is 21.7 Å². The zero-order chi connectivity index (χ0) is 22.4. The van der Waals surface area contributed by atoms with Crippen LogP contribution in [0.2, 0.25) is 15.2 Å². The number of pyridine rings is 1. The summed E-state index contributed by atoms with van der Waals surface area (Å²) in [6.45, 7) is 2.06. The molecule has 1 amide bonds. The highest BCUT2D eigenvalue weighted by Crippen LogP contribution is 2.30. The van der Waals surface area contributed by atoms with E-state index in [0.29, 0.717) is 23.1 Å². The molecule has 0 aliphatic carbocycles. The number of hydrogen-bond acceptors (Lipinski definition) is 4. The molecule has 0 bridgehead atoms. The highest BCUT2D eigenvalue weighted by Gasteiger charge is 2.19. The predicted molar refractivity (Wildman–Crippen MR) is 120 cm³/mol. The number of hydrogen-bond donors (Lipinski definition) is 1. The summed E-state index contributed by atoms with van der Waals surface area (Å²) in [6, 6.07) is 12.7. The van der Waals surface area contributed by atoms with Gasteiger partial charge in [-0.2, -0.15) is 0 Å². The van der Waals surface area contributed by atoms with Crippen LogP contribution in [0.1, 0.15) is 29.0 Å². The third kappa shape index (κ3) is 6.23. The van der Waals surface area contributed by atoms with Crippen molar-refractivity contribution in [3.8, 4) is 17.2 Å². The minimum absolute atomic E-state index is 0.0955. The van der Waals surface area contributed by atoms with Gasteiger partial charge in [-0.3, -0.25) is 4.79 Å². The fourth-order valence-corrected chi connectivity index (χ4v) is 3.43. The van der Waals surface area contributed by atoms with Crippen molar-refractivity contribution in [2.45, 2.75) is 13.1 Å². The lowest BCUT2D eigenvalue weighted by Crippen LogP contribution is -2.27. The van der Waals surface area contributed by atoms with Gasteiger partial charge in [0.25, 0.3) is 5.91 Å². The van der Waals surface area contributed by atoms with Gasteiger partial charge in [0.1, 0.15) is 22.8 Å². The number of aromatic nitrogens is 1. The van der Waals surface area contributed by atoms with E-state index in [0.717, 1.165) is 0 Å². The Morgan fingerprint density at radius 3 is 2.65 bits per heavy atom. The van der Waals surface area contributed by atoms with E-state index in [-0.39, 0.29) is 33.6 Å². The molecule has 1 N–H and O–H groups in total. The lowest BCUT2D eigenvalue weighted by Gasteiger charge is -2.14. The molecular formula is C22H18Cl3FN2O3. The van der Waals surface area contributed by atoms with Gasteiger partial charge in [0.2, 0.25) is 0 Å². The van der Waals surface area contributed by atoms with E-state index in [1.54, 1.807) is 24.3 Å². The Kier molecular flexibility index (Phi) is 7.96. The Morgan fingerprint density at radius 2 is 1.90 bits per heavy atom. The second-order valence-corrected chi connectivity index (χ2v) is 7.59. The molecule has 5 nitrogen and oxygen atoms in total. The molecule has 0 saturated heterocycles. The number of benzene rings is 2. The van der Waals surface area contributed by atoms with E-state index >= 15 is 0 Å². The second kappa shape index (κ2) is 10.7. The maximum atomic E-state index is 14.6. The molecule has 0 radical (unpaired) electrons. The topological polar surface area (TPSA) is 60.5 Å². The van der Waals surface area contributed by atoms with Gasteiger partial charge in [0.15, 0.2) is 5.75 Å². The van der Waals surface area contributed by atoms with Gasteiger partial charge in [-0.05, 0) is 37.3 Å². The van der Waals surface area contributed by atoms with E-state index in [2.05, 4.69) is 10.3 Å². The van der Waals surface area contributed by atoms with Gasteiger partial charge in [-0.25, -0.2) is 9.37 Å². The highest BCUT2D eigenvalue weighted by atomic mass is 35.5. The first-order valence-electron chi connectivity index (χ1n) is 9.31. The molecule has 0 spiro atoms. The molecule has 1 atom stereocenters. The number of rotatable bonds is 8. The first-order chi connectivity index (χ1) is 14.9. The van der Waals surface area contributed by atoms with Gasteiger partial charge < -0.3 is 14.8 Å². The van der Waals surface area contributed by atoms with Crippen LogP contribution in [0.15, 0.2) is 54.7 Å². The molecule has 2 aromatic carbocycles. The minimum Gasteiger partial charge on any atom is -0.494 e. The van der Waals surface area contributed by atoms with E-state index in [9.17, 15) is 9.18 Å². The summed E-state index contributed by atoms with van der Waals surface area (Å²) in [5.41, 5.74) is 0.333. The minimum atomic E-state index is -1.53. The Labute approximate surface area is 194 Å². The van der Waals surface area contributed by atoms with Crippen molar-refractivity contribution in [3.63, 3.8) is 0 Å². The average Bonchev–Trinajstić information content (AvgIpc) is 2.73. The maximum absolute atomic E-state index is 14.6. The van der Waals surface area contributed by atoms with Crippen LogP contribution in [-0.4, -0.2) is 24.0 Å². The van der Waals surface area contributed by atoms with Crippen molar-refractivity contribution in [2.75, 3.05) is 13.2 Å². The van der Waals surface area contributed by atoms with Crippen LogP contribution >= 0.6 is 34.8 Å². The first kappa shape index (κ1) is 23.1. The van der Waals surface area contributed by atoms with Crippen LogP contribution in [-0.2, 0) is 0 Å². The molecule has 1 aromatic heterocycles. The Morgan fingerprint density at radius 1 is 1.13 bits per heavy atom. The molecule has 31 heavy (non-hydrogen) atoms. The normalized spacial score (nSPS) is 11.6. The van der Waals surface area contributed by atoms with Crippen molar-refractivity contribution >= 4 is 40.7 Å². The largest absolute Gasteiger partial charge is 0.494 e. The molecule has 0 aliphatic heterocycles. The van der Waals surface area contributed by atoms with E-state index in [1.807, 2.05) is 6.92 Å². The predicted octanol–water partition coefficient (Wildman–Crippen LogP) is 6.67. The summed E-state index contributed by atoms with van der Waals surface area (Å²) >= 11 is 17.8. The first-order valence-corrected chi connectivity index (χ1v) is 10.4. The Hall–Kier alpha value is -2.54. The molecule has 3 rings (SSSR count). The molecule has 1 unspecified atom stereocenters. The van der Waals surface area contributed by atoms with Crippen LogP contribution in [0.4, 0.5) is 4.39 Å². The molecule has 1 heterocycles. The number of alkyl halides is 1. The smallest absolute Gasteiger partial charge is 0.255 e. The van der Waals surface area contributed by atoms with Crippen molar-refractivity contribution in [1.82, 2.24) is 10.3 Å². The van der Waals surface area contributed by atoms with Crippen LogP contribution in [0.5, 0.6) is 17.2 Å². The number of ether oxygens (including phenoxy) is 2.